The third-order valence-corrected chi connectivity index (χ3v) is 5.87. The van der Waals surface area contributed by atoms with Gasteiger partial charge in [-0.2, -0.15) is 0 Å². The number of anilines is 2. The van der Waals surface area contributed by atoms with Crippen molar-refractivity contribution in [3.05, 3.63) is 51.5 Å². The molecule has 1 aliphatic rings. The molecule has 0 aromatic heterocycles. The van der Waals surface area contributed by atoms with E-state index in [2.05, 4.69) is 10.2 Å². The molecule has 0 unspecified atom stereocenters. The van der Waals surface area contributed by atoms with E-state index in [1.165, 1.54) is 0 Å². The molecule has 1 N–H and O–H groups in total. The predicted molar refractivity (Wildman–Crippen MR) is 130 cm³/mol. The fourth-order valence-electron chi connectivity index (χ4n) is 3.40. The highest BCUT2D eigenvalue weighted by molar-refractivity contribution is 6.35. The number of rotatable bonds is 5. The van der Waals surface area contributed by atoms with Crippen LogP contribution in [0, 0.1) is 5.41 Å². The van der Waals surface area contributed by atoms with E-state index < -0.39 is 0 Å². The highest BCUT2D eigenvalue weighted by Crippen LogP contribution is 2.31. The van der Waals surface area contributed by atoms with Crippen LogP contribution in [-0.2, 0) is 9.59 Å². The summed E-state index contributed by atoms with van der Waals surface area (Å²) >= 11 is 18.4. The van der Waals surface area contributed by atoms with Gasteiger partial charge in [-0.05, 0) is 36.4 Å². The summed E-state index contributed by atoms with van der Waals surface area (Å²) in [5.74, 6) is 0.196. The van der Waals surface area contributed by atoms with Crippen molar-refractivity contribution in [2.45, 2.75) is 20.8 Å². The molecular weight excluding hydrogens is 473 g/mol. The molecule has 1 saturated heterocycles. The van der Waals surface area contributed by atoms with Crippen LogP contribution in [0.25, 0.3) is 0 Å². The van der Waals surface area contributed by atoms with E-state index in [-0.39, 0.29) is 23.8 Å². The van der Waals surface area contributed by atoms with E-state index in [9.17, 15) is 9.59 Å². The topological polar surface area (TPSA) is 61.9 Å². The van der Waals surface area contributed by atoms with Crippen molar-refractivity contribution in [3.8, 4) is 5.75 Å². The molecular formula is C23H26Cl3N3O3. The Bertz CT molecular complexity index is 1000. The summed E-state index contributed by atoms with van der Waals surface area (Å²) in [6.07, 6.45) is 0. The lowest BCUT2D eigenvalue weighted by atomic mass is 9.94. The van der Waals surface area contributed by atoms with Gasteiger partial charge in [0, 0.05) is 42.3 Å². The number of hydrogen-bond donors (Lipinski definition) is 1. The maximum Gasteiger partial charge on any atom is 0.262 e. The molecule has 0 spiro atoms. The molecule has 0 bridgehead atoms. The van der Waals surface area contributed by atoms with Gasteiger partial charge >= 0.3 is 0 Å². The third-order valence-electron chi connectivity index (χ3n) is 5.03. The third kappa shape index (κ3) is 6.21. The number of nitrogens with zero attached hydrogens (tertiary/aromatic N) is 2. The Labute approximate surface area is 203 Å². The van der Waals surface area contributed by atoms with Crippen molar-refractivity contribution in [1.82, 2.24) is 4.90 Å². The van der Waals surface area contributed by atoms with E-state index in [0.717, 1.165) is 5.69 Å². The fraction of sp³-hybridized carbons (Fsp3) is 0.391. The first-order valence-electron chi connectivity index (χ1n) is 10.3. The van der Waals surface area contributed by atoms with Gasteiger partial charge < -0.3 is 19.9 Å². The molecule has 6 nitrogen and oxygen atoms in total. The van der Waals surface area contributed by atoms with Crippen LogP contribution in [-0.4, -0.2) is 49.5 Å². The summed E-state index contributed by atoms with van der Waals surface area (Å²) in [5, 5.41) is 4.12. The molecule has 172 valence electrons. The van der Waals surface area contributed by atoms with Crippen LogP contribution < -0.4 is 15.0 Å². The van der Waals surface area contributed by atoms with Crippen molar-refractivity contribution in [1.29, 1.82) is 0 Å². The van der Waals surface area contributed by atoms with Gasteiger partial charge in [-0.3, -0.25) is 9.59 Å². The number of carbonyl (C=O) groups excluding carboxylic acids is 2. The summed E-state index contributed by atoms with van der Waals surface area (Å²) in [5.41, 5.74) is 1.05. The lowest BCUT2D eigenvalue weighted by Crippen LogP contribution is -2.51. The number of amides is 2. The maximum absolute atomic E-state index is 12.5. The first-order chi connectivity index (χ1) is 15.0. The van der Waals surface area contributed by atoms with Crippen molar-refractivity contribution in [2.75, 3.05) is 43.0 Å². The van der Waals surface area contributed by atoms with Crippen LogP contribution in [0.2, 0.25) is 15.1 Å². The largest absolute Gasteiger partial charge is 0.482 e. The molecule has 1 aliphatic heterocycles. The van der Waals surface area contributed by atoms with Gasteiger partial charge in [0.05, 0.1) is 15.7 Å². The average Bonchev–Trinajstić information content (AvgIpc) is 2.72. The molecule has 2 amide bonds. The molecule has 3 rings (SSSR count). The van der Waals surface area contributed by atoms with Crippen LogP contribution >= 0.6 is 34.8 Å². The number of carbonyl (C=O) groups is 2. The molecule has 2 aromatic carbocycles. The second-order valence-corrected chi connectivity index (χ2v) is 9.86. The number of benzene rings is 2. The van der Waals surface area contributed by atoms with Crippen LogP contribution in [0.3, 0.4) is 0 Å². The van der Waals surface area contributed by atoms with E-state index in [0.29, 0.717) is 52.7 Å². The first-order valence-corrected chi connectivity index (χ1v) is 11.4. The minimum absolute atomic E-state index is 0.156. The van der Waals surface area contributed by atoms with Crippen LogP contribution in [0.15, 0.2) is 36.4 Å². The summed E-state index contributed by atoms with van der Waals surface area (Å²) in [6, 6.07) is 10.2. The molecule has 2 aromatic rings. The predicted octanol–water partition coefficient (Wildman–Crippen LogP) is 5.36. The van der Waals surface area contributed by atoms with E-state index in [1.54, 1.807) is 30.3 Å². The van der Waals surface area contributed by atoms with Gasteiger partial charge in [-0.25, -0.2) is 0 Å². The molecule has 0 atom stereocenters. The van der Waals surface area contributed by atoms with Gasteiger partial charge in [0.2, 0.25) is 5.91 Å². The summed E-state index contributed by atoms with van der Waals surface area (Å²) in [4.78, 5) is 28.8. The number of ether oxygens (including phenoxy) is 1. The molecule has 0 radical (unpaired) electrons. The van der Waals surface area contributed by atoms with E-state index >= 15 is 0 Å². The lowest BCUT2D eigenvalue weighted by Gasteiger charge is -2.39. The van der Waals surface area contributed by atoms with Crippen molar-refractivity contribution >= 4 is 58.0 Å². The van der Waals surface area contributed by atoms with Gasteiger partial charge in [0.25, 0.3) is 5.91 Å². The van der Waals surface area contributed by atoms with Crippen LogP contribution in [0.5, 0.6) is 5.75 Å². The number of hydrogen-bond acceptors (Lipinski definition) is 4. The number of nitrogens with one attached hydrogen (secondary N) is 1. The molecule has 1 heterocycles. The normalized spacial score (nSPS) is 14.3. The highest BCUT2D eigenvalue weighted by Gasteiger charge is 2.30. The summed E-state index contributed by atoms with van der Waals surface area (Å²) in [7, 11) is 0. The molecule has 0 aliphatic carbocycles. The minimum Gasteiger partial charge on any atom is -0.482 e. The Hall–Kier alpha value is -2.15. The van der Waals surface area contributed by atoms with Gasteiger partial charge in [-0.1, -0.05) is 55.6 Å². The quantitative estimate of drug-likeness (QED) is 0.603. The zero-order valence-corrected chi connectivity index (χ0v) is 20.5. The number of piperazine rings is 1. The van der Waals surface area contributed by atoms with Gasteiger partial charge in [0.15, 0.2) is 6.61 Å². The molecule has 0 saturated carbocycles. The van der Waals surface area contributed by atoms with Gasteiger partial charge in [0.1, 0.15) is 5.75 Å². The summed E-state index contributed by atoms with van der Waals surface area (Å²) < 4.78 is 5.45. The summed E-state index contributed by atoms with van der Waals surface area (Å²) in [6.45, 7) is 8.28. The Kier molecular flexibility index (Phi) is 7.80. The van der Waals surface area contributed by atoms with Crippen molar-refractivity contribution < 1.29 is 14.3 Å². The Balaban J connectivity index is 1.55. The Morgan fingerprint density at radius 1 is 0.969 bits per heavy atom. The van der Waals surface area contributed by atoms with Crippen molar-refractivity contribution in [3.63, 3.8) is 0 Å². The maximum atomic E-state index is 12.5. The minimum atomic E-state index is -0.387. The Morgan fingerprint density at radius 3 is 2.25 bits per heavy atom. The standard InChI is InChI=1S/C23H26Cl3N3O3/c1-23(2,3)22(31)29-10-8-28(9-11-29)19-6-5-16(13-17(19)25)27-21(30)14-32-20-7-4-15(24)12-18(20)26/h4-7,12-13H,8-11,14H2,1-3H3,(H,27,30). The lowest BCUT2D eigenvalue weighted by molar-refractivity contribution is -0.139. The monoisotopic (exact) mass is 497 g/mol. The average molecular weight is 499 g/mol. The molecule has 9 heteroatoms. The zero-order valence-electron chi connectivity index (χ0n) is 18.3. The number of halogens is 3. The van der Waals surface area contributed by atoms with E-state index in [1.807, 2.05) is 31.7 Å². The SMILES string of the molecule is CC(C)(C)C(=O)N1CCN(c2ccc(NC(=O)COc3ccc(Cl)cc3Cl)cc2Cl)CC1. The van der Waals surface area contributed by atoms with Crippen LogP contribution in [0.1, 0.15) is 20.8 Å². The van der Waals surface area contributed by atoms with Gasteiger partial charge in [-0.15, -0.1) is 0 Å². The second-order valence-electron chi connectivity index (χ2n) is 8.61. The molecule has 1 fully saturated rings. The smallest absolute Gasteiger partial charge is 0.262 e. The Morgan fingerprint density at radius 2 is 1.66 bits per heavy atom. The van der Waals surface area contributed by atoms with Crippen LogP contribution in [0.4, 0.5) is 11.4 Å². The highest BCUT2D eigenvalue weighted by atomic mass is 35.5. The zero-order chi connectivity index (χ0) is 23.5. The first kappa shape index (κ1) is 24.5. The van der Waals surface area contributed by atoms with E-state index in [4.69, 9.17) is 39.5 Å². The molecule has 32 heavy (non-hydrogen) atoms. The fourth-order valence-corrected chi connectivity index (χ4v) is 4.16. The van der Waals surface area contributed by atoms with Crippen molar-refractivity contribution in [2.24, 2.45) is 5.41 Å². The second kappa shape index (κ2) is 10.2.